The number of fused-ring (bicyclic) bond motifs is 1. The predicted molar refractivity (Wildman–Crippen MR) is 95.1 cm³/mol. The Balaban J connectivity index is 1.47. The first-order chi connectivity index (χ1) is 12.5. The Morgan fingerprint density at radius 3 is 2.77 bits per heavy atom. The lowest BCUT2D eigenvalue weighted by Crippen LogP contribution is -2.66. The molecule has 3 aliphatic rings. The Hall–Kier alpha value is -2.51. The third-order valence-electron chi connectivity index (χ3n) is 5.51. The Kier molecular flexibility index (Phi) is 4.13. The maximum absolute atomic E-state index is 12.8. The van der Waals surface area contributed by atoms with Gasteiger partial charge in [0, 0.05) is 38.2 Å². The summed E-state index contributed by atoms with van der Waals surface area (Å²) in [7, 11) is 0. The summed E-state index contributed by atoms with van der Waals surface area (Å²) in [6.45, 7) is 6.64. The molecule has 2 saturated heterocycles. The normalized spacial score (nSPS) is 24.1. The number of rotatable bonds is 5. The minimum atomic E-state index is -0.570. The van der Waals surface area contributed by atoms with Gasteiger partial charge in [0.05, 0.1) is 5.54 Å². The number of carbonyl (C=O) groups is 3. The third-order valence-corrected chi connectivity index (χ3v) is 5.51. The van der Waals surface area contributed by atoms with Gasteiger partial charge in [-0.15, -0.1) is 6.58 Å². The molecule has 3 N–H and O–H groups in total. The molecule has 2 fully saturated rings. The van der Waals surface area contributed by atoms with Gasteiger partial charge in [-0.25, -0.2) is 0 Å². The van der Waals surface area contributed by atoms with Gasteiger partial charge in [0.1, 0.15) is 6.04 Å². The lowest BCUT2D eigenvalue weighted by Gasteiger charge is -2.41. The van der Waals surface area contributed by atoms with E-state index < -0.39 is 6.04 Å². The molecule has 3 amide bonds. The molecule has 26 heavy (non-hydrogen) atoms. The fraction of sp³-hybridized carbons (Fsp3) is 0.421. The molecule has 3 heterocycles. The zero-order valence-corrected chi connectivity index (χ0v) is 14.5. The van der Waals surface area contributed by atoms with Crippen molar-refractivity contribution in [2.75, 3.05) is 13.1 Å². The largest absolute Gasteiger partial charge is 0.322 e. The van der Waals surface area contributed by atoms with Crippen LogP contribution in [0.1, 0.15) is 34.3 Å². The Morgan fingerprint density at radius 1 is 1.31 bits per heavy atom. The van der Waals surface area contributed by atoms with E-state index in [0.29, 0.717) is 25.1 Å². The zero-order valence-electron chi connectivity index (χ0n) is 14.5. The monoisotopic (exact) mass is 354 g/mol. The fourth-order valence-electron chi connectivity index (χ4n) is 3.73. The van der Waals surface area contributed by atoms with Gasteiger partial charge in [0.2, 0.25) is 11.8 Å². The summed E-state index contributed by atoms with van der Waals surface area (Å²) in [5.74, 6) is -0.791. The lowest BCUT2D eigenvalue weighted by atomic mass is 9.92. The number of benzene rings is 1. The van der Waals surface area contributed by atoms with E-state index in [1.807, 2.05) is 24.3 Å². The van der Waals surface area contributed by atoms with Crippen molar-refractivity contribution in [1.82, 2.24) is 20.9 Å². The molecule has 1 unspecified atom stereocenters. The minimum absolute atomic E-state index is 0.0816. The molecule has 0 saturated carbocycles. The molecule has 7 heteroatoms. The van der Waals surface area contributed by atoms with Gasteiger partial charge >= 0.3 is 0 Å². The molecule has 3 aliphatic heterocycles. The van der Waals surface area contributed by atoms with E-state index >= 15 is 0 Å². The van der Waals surface area contributed by atoms with Crippen molar-refractivity contribution in [1.29, 1.82) is 0 Å². The average molecular weight is 354 g/mol. The molecular weight excluding hydrogens is 332 g/mol. The number of nitrogens with one attached hydrogen (secondary N) is 3. The molecule has 1 aromatic rings. The van der Waals surface area contributed by atoms with Gasteiger partial charge in [0.15, 0.2) is 0 Å². The number of nitrogens with zero attached hydrogens (tertiary/aromatic N) is 1. The lowest BCUT2D eigenvalue weighted by molar-refractivity contribution is -0.136. The van der Waals surface area contributed by atoms with Crippen LogP contribution in [0.15, 0.2) is 30.9 Å². The summed E-state index contributed by atoms with van der Waals surface area (Å²) in [6.07, 6.45) is 2.57. The highest BCUT2D eigenvalue weighted by atomic mass is 16.2. The van der Waals surface area contributed by atoms with Crippen molar-refractivity contribution < 1.29 is 14.4 Å². The van der Waals surface area contributed by atoms with Crippen molar-refractivity contribution in [3.8, 4) is 0 Å². The molecule has 136 valence electrons. The molecule has 7 nitrogen and oxygen atoms in total. The molecule has 0 aliphatic carbocycles. The van der Waals surface area contributed by atoms with E-state index in [2.05, 4.69) is 22.5 Å². The maximum Gasteiger partial charge on any atom is 0.255 e. The average Bonchev–Trinajstić information content (AvgIpc) is 2.91. The fourth-order valence-corrected chi connectivity index (χ4v) is 3.73. The molecule has 4 rings (SSSR count). The second kappa shape index (κ2) is 6.34. The van der Waals surface area contributed by atoms with Crippen LogP contribution in [0.4, 0.5) is 0 Å². The van der Waals surface area contributed by atoms with E-state index in [-0.39, 0.29) is 29.7 Å². The second-order valence-corrected chi connectivity index (χ2v) is 7.21. The van der Waals surface area contributed by atoms with Crippen molar-refractivity contribution in [2.45, 2.75) is 37.5 Å². The molecule has 1 aromatic carbocycles. The molecule has 0 radical (unpaired) electrons. The SMILES string of the molecule is C=CC1(NCc2ccc3c(c2)C(=O)N(C2CCC(=O)NC2=O)C3)CNC1. The van der Waals surface area contributed by atoms with Crippen LogP contribution in [0.25, 0.3) is 0 Å². The highest BCUT2D eigenvalue weighted by Crippen LogP contribution is 2.28. The number of hydrogen-bond acceptors (Lipinski definition) is 5. The first kappa shape index (κ1) is 16.9. The number of piperidine rings is 1. The summed E-state index contributed by atoms with van der Waals surface area (Å²) in [5.41, 5.74) is 2.51. The molecular formula is C19H22N4O3. The van der Waals surface area contributed by atoms with Gasteiger partial charge < -0.3 is 15.5 Å². The van der Waals surface area contributed by atoms with Crippen LogP contribution in [0.3, 0.4) is 0 Å². The van der Waals surface area contributed by atoms with Crippen LogP contribution in [0, 0.1) is 0 Å². The summed E-state index contributed by atoms with van der Waals surface area (Å²) < 4.78 is 0. The molecule has 0 bridgehead atoms. The summed E-state index contributed by atoms with van der Waals surface area (Å²) in [6, 6.07) is 5.30. The van der Waals surface area contributed by atoms with E-state index in [4.69, 9.17) is 0 Å². The highest BCUT2D eigenvalue weighted by molar-refractivity contribution is 6.05. The van der Waals surface area contributed by atoms with Gasteiger partial charge in [-0.1, -0.05) is 18.2 Å². The Labute approximate surface area is 151 Å². The smallest absolute Gasteiger partial charge is 0.255 e. The topological polar surface area (TPSA) is 90.5 Å². The standard InChI is InChI=1S/C19H22N4O3/c1-2-19(10-20-11-19)21-8-12-3-4-13-9-23(18(26)14(13)7-12)15-5-6-16(24)22-17(15)25/h2-4,7,15,20-21H,1,5-6,8-11H2,(H,22,24,25). The first-order valence-electron chi connectivity index (χ1n) is 8.87. The Bertz CT molecular complexity index is 800. The summed E-state index contributed by atoms with van der Waals surface area (Å²) >= 11 is 0. The van der Waals surface area contributed by atoms with Gasteiger partial charge in [-0.2, -0.15) is 0 Å². The number of hydrogen-bond donors (Lipinski definition) is 3. The van der Waals surface area contributed by atoms with Crippen molar-refractivity contribution in [3.05, 3.63) is 47.5 Å². The van der Waals surface area contributed by atoms with E-state index in [9.17, 15) is 14.4 Å². The van der Waals surface area contributed by atoms with Crippen LogP contribution in [0.2, 0.25) is 0 Å². The van der Waals surface area contributed by atoms with Gasteiger partial charge in [0.25, 0.3) is 5.91 Å². The van der Waals surface area contributed by atoms with E-state index in [1.54, 1.807) is 4.90 Å². The Morgan fingerprint density at radius 2 is 2.12 bits per heavy atom. The third kappa shape index (κ3) is 2.83. The number of imide groups is 1. The maximum atomic E-state index is 12.8. The summed E-state index contributed by atoms with van der Waals surface area (Å²) in [5, 5.41) is 9.04. The molecule has 1 atom stereocenters. The van der Waals surface area contributed by atoms with Crippen molar-refractivity contribution >= 4 is 17.7 Å². The molecule has 0 spiro atoms. The quantitative estimate of drug-likeness (QED) is 0.514. The van der Waals surface area contributed by atoms with Crippen molar-refractivity contribution in [2.24, 2.45) is 0 Å². The van der Waals surface area contributed by atoms with Crippen LogP contribution >= 0.6 is 0 Å². The number of amides is 3. The number of carbonyl (C=O) groups excluding carboxylic acids is 3. The zero-order chi connectivity index (χ0) is 18.3. The second-order valence-electron chi connectivity index (χ2n) is 7.21. The van der Waals surface area contributed by atoms with Crippen LogP contribution in [-0.4, -0.2) is 47.3 Å². The van der Waals surface area contributed by atoms with Crippen LogP contribution in [0.5, 0.6) is 0 Å². The molecule has 0 aromatic heterocycles. The minimum Gasteiger partial charge on any atom is -0.322 e. The van der Waals surface area contributed by atoms with Crippen LogP contribution in [-0.2, 0) is 22.7 Å². The van der Waals surface area contributed by atoms with Crippen LogP contribution < -0.4 is 16.0 Å². The first-order valence-corrected chi connectivity index (χ1v) is 8.87. The summed E-state index contributed by atoms with van der Waals surface area (Å²) in [4.78, 5) is 37.8. The predicted octanol–water partition coefficient (Wildman–Crippen LogP) is 0.0652. The highest BCUT2D eigenvalue weighted by Gasteiger charge is 2.39. The van der Waals surface area contributed by atoms with Crippen molar-refractivity contribution in [3.63, 3.8) is 0 Å². The van der Waals surface area contributed by atoms with Gasteiger partial charge in [-0.3, -0.25) is 19.7 Å². The van der Waals surface area contributed by atoms with E-state index in [0.717, 1.165) is 24.2 Å². The van der Waals surface area contributed by atoms with Gasteiger partial charge in [-0.05, 0) is 23.6 Å². The van der Waals surface area contributed by atoms with E-state index in [1.165, 1.54) is 0 Å².